The maximum Gasteiger partial charge on any atom is 0.217 e. The summed E-state index contributed by atoms with van der Waals surface area (Å²) in [7, 11) is 0. The van der Waals surface area contributed by atoms with Crippen LogP contribution in [0.3, 0.4) is 0 Å². The largest absolute Gasteiger partial charge is 0.370 e. The molecule has 0 unspecified atom stereocenters. The highest BCUT2D eigenvalue weighted by molar-refractivity contribution is 5.73. The maximum absolute atomic E-state index is 10.7. The molecule has 4 nitrogen and oxygen atoms in total. The molecular weight excluding hydrogens is 444 g/mol. The summed E-state index contributed by atoms with van der Waals surface area (Å²) in [5, 5.41) is 0. The minimum absolute atomic E-state index is 0.155. The second-order valence-corrected chi connectivity index (χ2v) is 11.3. The normalized spacial score (nSPS) is 11.2. The van der Waals surface area contributed by atoms with Gasteiger partial charge in [0.25, 0.3) is 0 Å². The Balaban J connectivity index is 3.03. The number of rotatable bonds is 31. The molecule has 0 aliphatic carbocycles. The molecule has 0 spiro atoms. The lowest BCUT2D eigenvalue weighted by Crippen LogP contribution is -2.09. The molecule has 4 heteroatoms. The molecule has 0 radical (unpaired) electrons. The van der Waals surface area contributed by atoms with Crippen LogP contribution in [0.25, 0.3) is 0 Å². The van der Waals surface area contributed by atoms with Crippen LogP contribution in [-0.4, -0.2) is 11.8 Å². The summed E-state index contributed by atoms with van der Waals surface area (Å²) < 4.78 is 0. The second-order valence-electron chi connectivity index (χ2n) is 11.3. The van der Waals surface area contributed by atoms with Crippen LogP contribution in [-0.2, 0) is 9.59 Å². The molecule has 0 fully saturated rings. The number of hydrogen-bond acceptors (Lipinski definition) is 2. The summed E-state index contributed by atoms with van der Waals surface area (Å²) in [6, 6.07) is 0. The van der Waals surface area contributed by atoms with Gasteiger partial charge in [0.2, 0.25) is 11.8 Å². The zero-order valence-electron chi connectivity index (χ0n) is 24.2. The monoisotopic (exact) mass is 508 g/mol. The standard InChI is InChI=1S/C32H64N2O2/c33-31(35)29-27-25-23-21-19-17-15-13-11-9-7-5-3-1-2-4-6-8-10-12-14-16-18-20-22-24-26-28-30-32(34)36/h1-30H2,(H2,33,35)(H2,34,36). The van der Waals surface area contributed by atoms with Crippen LogP contribution in [0.2, 0.25) is 0 Å². The van der Waals surface area contributed by atoms with E-state index < -0.39 is 0 Å². The fourth-order valence-electron chi connectivity index (χ4n) is 5.19. The molecule has 36 heavy (non-hydrogen) atoms. The predicted molar refractivity (Wildman–Crippen MR) is 157 cm³/mol. The van der Waals surface area contributed by atoms with Gasteiger partial charge in [0.05, 0.1) is 0 Å². The smallest absolute Gasteiger partial charge is 0.217 e. The van der Waals surface area contributed by atoms with Crippen molar-refractivity contribution in [1.82, 2.24) is 0 Å². The van der Waals surface area contributed by atoms with E-state index in [9.17, 15) is 9.59 Å². The molecule has 4 N–H and O–H groups in total. The van der Waals surface area contributed by atoms with Crippen molar-refractivity contribution in [2.45, 2.75) is 193 Å². The fraction of sp³-hybridized carbons (Fsp3) is 0.938. The number of primary amides is 2. The molecule has 0 atom stereocenters. The Morgan fingerprint density at radius 1 is 0.250 bits per heavy atom. The Morgan fingerprint density at radius 2 is 0.361 bits per heavy atom. The van der Waals surface area contributed by atoms with Gasteiger partial charge in [-0.2, -0.15) is 0 Å². The summed E-state index contributed by atoms with van der Waals surface area (Å²) in [4.78, 5) is 21.4. The van der Waals surface area contributed by atoms with Crippen LogP contribution < -0.4 is 11.5 Å². The third-order valence-corrected chi connectivity index (χ3v) is 7.60. The highest BCUT2D eigenvalue weighted by Gasteiger charge is 1.98. The van der Waals surface area contributed by atoms with E-state index >= 15 is 0 Å². The van der Waals surface area contributed by atoms with E-state index in [4.69, 9.17) is 11.5 Å². The minimum atomic E-state index is -0.155. The highest BCUT2D eigenvalue weighted by Crippen LogP contribution is 2.16. The number of unbranched alkanes of at least 4 members (excludes halogenated alkanes) is 27. The van der Waals surface area contributed by atoms with Gasteiger partial charge in [-0.3, -0.25) is 9.59 Å². The third-order valence-electron chi connectivity index (χ3n) is 7.60. The van der Waals surface area contributed by atoms with E-state index in [2.05, 4.69) is 0 Å². The Hall–Kier alpha value is -1.06. The molecule has 0 aliphatic heterocycles. The number of carbonyl (C=O) groups is 2. The molecule has 0 saturated heterocycles. The van der Waals surface area contributed by atoms with Gasteiger partial charge in [-0.15, -0.1) is 0 Å². The average Bonchev–Trinajstić information content (AvgIpc) is 2.85. The maximum atomic E-state index is 10.7. The lowest BCUT2D eigenvalue weighted by molar-refractivity contribution is -0.119. The van der Waals surface area contributed by atoms with E-state index in [1.165, 1.54) is 154 Å². The second kappa shape index (κ2) is 30.2. The molecule has 0 rings (SSSR count). The predicted octanol–water partition coefficient (Wildman–Crippen LogP) is 9.66. The minimum Gasteiger partial charge on any atom is -0.370 e. The number of hydrogen-bond donors (Lipinski definition) is 2. The fourth-order valence-corrected chi connectivity index (χ4v) is 5.19. The van der Waals surface area contributed by atoms with Gasteiger partial charge in [-0.25, -0.2) is 0 Å². The molecule has 0 aromatic heterocycles. The van der Waals surface area contributed by atoms with Crippen LogP contribution in [0.5, 0.6) is 0 Å². The summed E-state index contributed by atoms with van der Waals surface area (Å²) in [6.07, 6.45) is 39.0. The molecular formula is C32H64N2O2. The topological polar surface area (TPSA) is 86.2 Å². The van der Waals surface area contributed by atoms with Crippen LogP contribution in [0.1, 0.15) is 193 Å². The van der Waals surface area contributed by atoms with E-state index in [-0.39, 0.29) is 11.8 Å². The first-order valence-electron chi connectivity index (χ1n) is 16.2. The third kappa shape index (κ3) is 32.9. The lowest BCUT2D eigenvalue weighted by Gasteiger charge is -2.04. The Labute approximate surface area is 225 Å². The zero-order valence-corrected chi connectivity index (χ0v) is 24.2. The van der Waals surface area contributed by atoms with Gasteiger partial charge < -0.3 is 11.5 Å². The molecule has 0 bridgehead atoms. The SMILES string of the molecule is NC(=O)CCCCCCCCCCCCCCCCCCCCCCCCCCCCCCC(N)=O. The van der Waals surface area contributed by atoms with Crippen molar-refractivity contribution in [2.24, 2.45) is 11.5 Å². The molecule has 0 saturated carbocycles. The Bertz CT molecular complexity index is 425. The van der Waals surface area contributed by atoms with Crippen molar-refractivity contribution >= 4 is 11.8 Å². The number of carbonyl (C=O) groups excluding carboxylic acids is 2. The molecule has 214 valence electrons. The van der Waals surface area contributed by atoms with Crippen LogP contribution in [0, 0.1) is 0 Å². The summed E-state index contributed by atoms with van der Waals surface area (Å²) >= 11 is 0. The molecule has 0 heterocycles. The van der Waals surface area contributed by atoms with Gasteiger partial charge in [-0.1, -0.05) is 167 Å². The summed E-state index contributed by atoms with van der Waals surface area (Å²) in [6.45, 7) is 0. The van der Waals surface area contributed by atoms with E-state index in [1.54, 1.807) is 0 Å². The first kappa shape index (κ1) is 34.9. The molecule has 0 aliphatic rings. The number of amides is 2. The van der Waals surface area contributed by atoms with Crippen LogP contribution in [0.15, 0.2) is 0 Å². The van der Waals surface area contributed by atoms with Crippen molar-refractivity contribution in [3.8, 4) is 0 Å². The Morgan fingerprint density at radius 3 is 0.472 bits per heavy atom. The van der Waals surface area contributed by atoms with E-state index in [0.717, 1.165) is 25.7 Å². The Kier molecular flexibility index (Phi) is 29.3. The summed E-state index contributed by atoms with van der Waals surface area (Å²) in [5.41, 5.74) is 10.3. The van der Waals surface area contributed by atoms with Gasteiger partial charge >= 0.3 is 0 Å². The van der Waals surface area contributed by atoms with Gasteiger partial charge in [0.1, 0.15) is 0 Å². The van der Waals surface area contributed by atoms with Crippen molar-refractivity contribution < 1.29 is 9.59 Å². The van der Waals surface area contributed by atoms with E-state index in [1.807, 2.05) is 0 Å². The van der Waals surface area contributed by atoms with Crippen molar-refractivity contribution in [3.63, 3.8) is 0 Å². The average molecular weight is 509 g/mol. The number of nitrogens with two attached hydrogens (primary N) is 2. The molecule has 2 amide bonds. The van der Waals surface area contributed by atoms with Crippen LogP contribution in [0.4, 0.5) is 0 Å². The highest BCUT2D eigenvalue weighted by atomic mass is 16.1. The van der Waals surface area contributed by atoms with Crippen molar-refractivity contribution in [2.75, 3.05) is 0 Å². The molecule has 0 aromatic rings. The van der Waals surface area contributed by atoms with Gasteiger partial charge in [-0.05, 0) is 12.8 Å². The summed E-state index contributed by atoms with van der Waals surface area (Å²) in [5.74, 6) is -0.310. The zero-order chi connectivity index (χ0) is 26.4. The van der Waals surface area contributed by atoms with Gasteiger partial charge in [0, 0.05) is 12.8 Å². The quantitative estimate of drug-likeness (QED) is 0.0913. The first-order chi connectivity index (χ1) is 17.6. The van der Waals surface area contributed by atoms with E-state index in [0.29, 0.717) is 12.8 Å². The van der Waals surface area contributed by atoms with Crippen molar-refractivity contribution in [3.05, 3.63) is 0 Å². The molecule has 0 aromatic carbocycles. The van der Waals surface area contributed by atoms with Gasteiger partial charge in [0.15, 0.2) is 0 Å². The van der Waals surface area contributed by atoms with Crippen LogP contribution >= 0.6 is 0 Å². The lowest BCUT2D eigenvalue weighted by atomic mass is 10.0. The van der Waals surface area contributed by atoms with Crippen molar-refractivity contribution in [1.29, 1.82) is 0 Å². The first-order valence-corrected chi connectivity index (χ1v) is 16.2.